The number of amides is 1. The van der Waals surface area contributed by atoms with E-state index in [1.54, 1.807) is 18.1 Å². The molecule has 2 aromatic carbocycles. The molecule has 0 spiro atoms. The van der Waals surface area contributed by atoms with Gasteiger partial charge in [-0.25, -0.2) is 8.42 Å². The van der Waals surface area contributed by atoms with E-state index < -0.39 is 10.0 Å². The van der Waals surface area contributed by atoms with Crippen molar-refractivity contribution in [2.75, 3.05) is 66.0 Å². The molecule has 0 radical (unpaired) electrons. The summed E-state index contributed by atoms with van der Waals surface area (Å²) >= 11 is 0. The van der Waals surface area contributed by atoms with Crippen molar-refractivity contribution in [1.29, 1.82) is 0 Å². The summed E-state index contributed by atoms with van der Waals surface area (Å²) in [6, 6.07) is 12.3. The van der Waals surface area contributed by atoms with Crippen LogP contribution in [0.5, 0.6) is 17.2 Å². The van der Waals surface area contributed by atoms with Gasteiger partial charge in [0.25, 0.3) is 0 Å². The first kappa shape index (κ1) is 23.7. The van der Waals surface area contributed by atoms with Gasteiger partial charge in [-0.05, 0) is 36.4 Å². The second-order valence-corrected chi connectivity index (χ2v) is 9.36. The molecule has 0 N–H and O–H groups in total. The smallest absolute Gasteiger partial charge is 0.247 e. The van der Waals surface area contributed by atoms with Crippen molar-refractivity contribution in [2.24, 2.45) is 0 Å². The van der Waals surface area contributed by atoms with Crippen LogP contribution in [0.1, 0.15) is 0 Å². The van der Waals surface area contributed by atoms with Crippen LogP contribution in [0.4, 0.5) is 5.69 Å². The van der Waals surface area contributed by atoms with Gasteiger partial charge >= 0.3 is 0 Å². The van der Waals surface area contributed by atoms with E-state index in [0.29, 0.717) is 31.9 Å². The van der Waals surface area contributed by atoms with E-state index in [4.69, 9.17) is 14.2 Å². The highest BCUT2D eigenvalue weighted by Gasteiger charge is 2.29. The van der Waals surface area contributed by atoms with Crippen LogP contribution in [0.15, 0.2) is 47.4 Å². The molecule has 32 heavy (non-hydrogen) atoms. The zero-order valence-corrected chi connectivity index (χ0v) is 19.6. The topological polar surface area (TPSA) is 88.6 Å². The van der Waals surface area contributed by atoms with E-state index in [1.807, 2.05) is 24.3 Å². The highest BCUT2D eigenvalue weighted by Crippen LogP contribution is 2.30. The molecule has 1 heterocycles. The van der Waals surface area contributed by atoms with E-state index in [0.717, 1.165) is 15.7 Å². The molecule has 0 saturated carbocycles. The predicted octanol–water partition coefficient (Wildman–Crippen LogP) is 1.68. The highest BCUT2D eigenvalue weighted by molar-refractivity contribution is 7.89. The van der Waals surface area contributed by atoms with E-state index in [9.17, 15) is 13.2 Å². The van der Waals surface area contributed by atoms with Crippen LogP contribution >= 0.6 is 0 Å². The van der Waals surface area contributed by atoms with Crippen LogP contribution < -0.4 is 19.1 Å². The first-order valence-electron chi connectivity index (χ1n) is 10.1. The standard InChI is InChI=1S/C22H29N3O6S/c1-23(32(27,28)21-15-19(30-3)9-10-20(21)31-4)16-22(26)25-13-11-24(12-14-25)17-5-7-18(29-2)8-6-17/h5-10,15H,11-14,16H2,1-4H3. The van der Waals surface area contributed by atoms with E-state index in [-0.39, 0.29) is 23.1 Å². The zero-order valence-electron chi connectivity index (χ0n) is 18.8. The van der Waals surface area contributed by atoms with Gasteiger partial charge in [-0.3, -0.25) is 4.79 Å². The number of hydrogen-bond donors (Lipinski definition) is 0. The van der Waals surface area contributed by atoms with Crippen LogP contribution in [0.25, 0.3) is 0 Å². The third kappa shape index (κ3) is 5.08. The molecule has 3 rings (SSSR count). The molecule has 1 aliphatic heterocycles. The van der Waals surface area contributed by atoms with Crippen molar-refractivity contribution in [1.82, 2.24) is 9.21 Å². The van der Waals surface area contributed by atoms with Crippen molar-refractivity contribution in [3.05, 3.63) is 42.5 Å². The number of sulfonamides is 1. The SMILES string of the molecule is COc1ccc(N2CCN(C(=O)CN(C)S(=O)(=O)c3cc(OC)ccc3OC)CC2)cc1. The summed E-state index contributed by atoms with van der Waals surface area (Å²) in [7, 11) is 1.92. The fourth-order valence-electron chi connectivity index (χ4n) is 3.54. The van der Waals surface area contributed by atoms with E-state index >= 15 is 0 Å². The molecule has 0 aromatic heterocycles. The Kier molecular flexibility index (Phi) is 7.47. The average molecular weight is 464 g/mol. The first-order valence-corrected chi connectivity index (χ1v) is 11.6. The Morgan fingerprint density at radius 1 is 0.906 bits per heavy atom. The summed E-state index contributed by atoms with van der Waals surface area (Å²) in [6.07, 6.45) is 0. The molecule has 0 bridgehead atoms. The zero-order chi connectivity index (χ0) is 23.3. The fraction of sp³-hybridized carbons (Fsp3) is 0.409. The number of methoxy groups -OCH3 is 3. The minimum Gasteiger partial charge on any atom is -0.497 e. The van der Waals surface area contributed by atoms with Crippen molar-refractivity contribution in [2.45, 2.75) is 4.90 Å². The van der Waals surface area contributed by atoms with Gasteiger partial charge in [0.15, 0.2) is 0 Å². The summed E-state index contributed by atoms with van der Waals surface area (Å²) in [4.78, 5) is 16.7. The maximum Gasteiger partial charge on any atom is 0.247 e. The Labute approximate surface area is 189 Å². The highest BCUT2D eigenvalue weighted by atomic mass is 32.2. The third-order valence-electron chi connectivity index (χ3n) is 5.49. The molecule has 2 aromatic rings. The van der Waals surface area contributed by atoms with Crippen LogP contribution in [0.2, 0.25) is 0 Å². The molecule has 0 aliphatic carbocycles. The summed E-state index contributed by atoms with van der Waals surface area (Å²) < 4.78 is 42.8. The number of anilines is 1. The Balaban J connectivity index is 1.63. The summed E-state index contributed by atoms with van der Waals surface area (Å²) in [5.41, 5.74) is 1.06. The third-order valence-corrected chi connectivity index (χ3v) is 7.31. The average Bonchev–Trinajstić information content (AvgIpc) is 2.83. The van der Waals surface area contributed by atoms with Crippen LogP contribution in [0, 0.1) is 0 Å². The minimum absolute atomic E-state index is 0.0426. The molecule has 174 valence electrons. The number of piperazine rings is 1. The van der Waals surface area contributed by atoms with E-state index in [2.05, 4.69) is 4.90 Å². The Morgan fingerprint density at radius 3 is 2.06 bits per heavy atom. The number of benzene rings is 2. The minimum atomic E-state index is -3.95. The Bertz CT molecular complexity index is 1030. The molecule has 1 amide bonds. The number of carbonyl (C=O) groups is 1. The molecule has 9 nitrogen and oxygen atoms in total. The maximum absolute atomic E-state index is 13.1. The number of nitrogens with zero attached hydrogens (tertiary/aromatic N) is 3. The van der Waals surface area contributed by atoms with Gasteiger partial charge in [-0.1, -0.05) is 0 Å². The van der Waals surface area contributed by atoms with Gasteiger partial charge < -0.3 is 24.0 Å². The second kappa shape index (κ2) is 10.1. The molecule has 0 atom stereocenters. The largest absolute Gasteiger partial charge is 0.497 e. The molecule has 1 saturated heterocycles. The normalized spacial score (nSPS) is 14.4. The molecular formula is C22H29N3O6S. The van der Waals surface area contributed by atoms with Gasteiger partial charge in [0.05, 0.1) is 27.9 Å². The lowest BCUT2D eigenvalue weighted by molar-refractivity contribution is -0.131. The molecular weight excluding hydrogens is 434 g/mol. The quantitative estimate of drug-likeness (QED) is 0.589. The van der Waals surface area contributed by atoms with Crippen molar-refractivity contribution < 1.29 is 27.4 Å². The second-order valence-electron chi connectivity index (χ2n) is 7.34. The molecule has 10 heteroatoms. The lowest BCUT2D eigenvalue weighted by Crippen LogP contribution is -2.51. The number of likely N-dealkylation sites (N-methyl/N-ethyl adjacent to an activating group) is 1. The van der Waals surface area contributed by atoms with Gasteiger partial charge in [0.1, 0.15) is 22.1 Å². The Hall–Kier alpha value is -2.98. The lowest BCUT2D eigenvalue weighted by atomic mass is 10.2. The fourth-order valence-corrected chi connectivity index (χ4v) is 4.82. The van der Waals surface area contributed by atoms with Crippen molar-refractivity contribution >= 4 is 21.6 Å². The Morgan fingerprint density at radius 2 is 1.50 bits per heavy atom. The molecule has 0 unspecified atom stereocenters. The maximum atomic E-state index is 13.1. The van der Waals surface area contributed by atoms with Crippen molar-refractivity contribution in [3.63, 3.8) is 0 Å². The van der Waals surface area contributed by atoms with Gasteiger partial charge in [-0.2, -0.15) is 4.31 Å². The molecule has 1 fully saturated rings. The van der Waals surface area contributed by atoms with E-state index in [1.165, 1.54) is 33.4 Å². The van der Waals surface area contributed by atoms with Crippen molar-refractivity contribution in [3.8, 4) is 17.2 Å². The first-order chi connectivity index (χ1) is 15.3. The van der Waals surface area contributed by atoms with Crippen LogP contribution in [0.3, 0.4) is 0 Å². The number of ether oxygens (including phenoxy) is 3. The van der Waals surface area contributed by atoms with Gasteiger partial charge in [-0.15, -0.1) is 0 Å². The molecule has 1 aliphatic rings. The predicted molar refractivity (Wildman–Crippen MR) is 121 cm³/mol. The summed E-state index contributed by atoms with van der Waals surface area (Å²) in [5, 5.41) is 0. The van der Waals surface area contributed by atoms with Crippen LogP contribution in [-0.2, 0) is 14.8 Å². The van der Waals surface area contributed by atoms with Crippen LogP contribution in [-0.4, -0.2) is 84.6 Å². The lowest BCUT2D eigenvalue weighted by Gasteiger charge is -2.36. The summed E-state index contributed by atoms with van der Waals surface area (Å²) in [6.45, 7) is 2.10. The number of carbonyl (C=O) groups excluding carboxylic acids is 1. The monoisotopic (exact) mass is 463 g/mol. The van der Waals surface area contributed by atoms with Gasteiger partial charge in [0, 0.05) is 45.0 Å². The number of hydrogen-bond acceptors (Lipinski definition) is 7. The number of rotatable bonds is 8. The summed E-state index contributed by atoms with van der Waals surface area (Å²) in [5.74, 6) is 1.13. The van der Waals surface area contributed by atoms with Gasteiger partial charge in [0.2, 0.25) is 15.9 Å².